The molecular formula is C22H28FN3O2S. The van der Waals surface area contributed by atoms with Crippen LogP contribution in [0.4, 0.5) is 4.39 Å². The standard InChI is InChI=1S/C22H28FN3O2S/c1-15-5-3-4-8-26(15)20(27)14-24-9-11-25(12-10-24)22(28)21-16(2)18-13-17(23)6-7-19(18)29-21/h6-7,13,15H,3-5,8-12,14H2,1-2H3. The number of halogens is 1. The number of carbonyl (C=O) groups excluding carboxylic acids is 2. The highest BCUT2D eigenvalue weighted by Gasteiger charge is 2.28. The Hall–Kier alpha value is -1.99. The van der Waals surface area contributed by atoms with Gasteiger partial charge in [0.25, 0.3) is 5.91 Å². The molecule has 7 heteroatoms. The fraction of sp³-hybridized carbons (Fsp3) is 0.545. The summed E-state index contributed by atoms with van der Waals surface area (Å²) in [6.45, 7) is 7.97. The maximum absolute atomic E-state index is 13.6. The topological polar surface area (TPSA) is 43.9 Å². The van der Waals surface area contributed by atoms with Crippen LogP contribution in [0.1, 0.15) is 41.4 Å². The van der Waals surface area contributed by atoms with Crippen molar-refractivity contribution in [3.63, 3.8) is 0 Å². The van der Waals surface area contributed by atoms with Gasteiger partial charge in [0.15, 0.2) is 0 Å². The largest absolute Gasteiger partial charge is 0.339 e. The van der Waals surface area contributed by atoms with Crippen molar-refractivity contribution >= 4 is 33.2 Å². The Balaban J connectivity index is 1.36. The van der Waals surface area contributed by atoms with Crippen LogP contribution < -0.4 is 0 Å². The number of piperazine rings is 1. The van der Waals surface area contributed by atoms with Crippen molar-refractivity contribution in [2.45, 2.75) is 39.2 Å². The van der Waals surface area contributed by atoms with Crippen LogP contribution in [0.2, 0.25) is 0 Å². The fourth-order valence-electron chi connectivity index (χ4n) is 4.40. The molecular weight excluding hydrogens is 389 g/mol. The molecule has 1 aromatic heterocycles. The molecule has 2 aromatic rings. The summed E-state index contributed by atoms with van der Waals surface area (Å²) in [5.41, 5.74) is 0.853. The van der Waals surface area contributed by atoms with Gasteiger partial charge >= 0.3 is 0 Å². The number of nitrogens with zero attached hydrogens (tertiary/aromatic N) is 3. The van der Waals surface area contributed by atoms with Crippen LogP contribution in [0, 0.1) is 12.7 Å². The summed E-state index contributed by atoms with van der Waals surface area (Å²) in [6, 6.07) is 5.01. The highest BCUT2D eigenvalue weighted by atomic mass is 32.1. The predicted octanol–water partition coefficient (Wildman–Crippen LogP) is 3.51. The highest BCUT2D eigenvalue weighted by Crippen LogP contribution is 2.32. The van der Waals surface area contributed by atoms with Crippen molar-refractivity contribution < 1.29 is 14.0 Å². The molecule has 1 unspecified atom stereocenters. The fourth-order valence-corrected chi connectivity index (χ4v) is 5.56. The van der Waals surface area contributed by atoms with Crippen LogP contribution in [0.3, 0.4) is 0 Å². The van der Waals surface area contributed by atoms with Crippen LogP contribution in [-0.4, -0.2) is 71.8 Å². The Labute approximate surface area is 175 Å². The summed E-state index contributed by atoms with van der Waals surface area (Å²) < 4.78 is 14.5. The second kappa shape index (κ2) is 8.40. The number of hydrogen-bond acceptors (Lipinski definition) is 4. The number of amides is 2. The lowest BCUT2D eigenvalue weighted by molar-refractivity contribution is -0.136. The molecule has 0 radical (unpaired) electrons. The van der Waals surface area contributed by atoms with E-state index >= 15 is 0 Å². The van der Waals surface area contributed by atoms with Gasteiger partial charge in [0.05, 0.1) is 11.4 Å². The number of piperidine rings is 1. The summed E-state index contributed by atoms with van der Waals surface area (Å²) in [5.74, 6) is -0.0576. The first-order chi connectivity index (χ1) is 13.9. The zero-order valence-electron chi connectivity index (χ0n) is 17.1. The average molecular weight is 418 g/mol. The molecule has 3 heterocycles. The summed E-state index contributed by atoms with van der Waals surface area (Å²) in [7, 11) is 0. The second-order valence-electron chi connectivity index (χ2n) is 8.20. The molecule has 2 amide bonds. The molecule has 4 rings (SSSR count). The molecule has 2 fully saturated rings. The van der Waals surface area contributed by atoms with E-state index < -0.39 is 0 Å². The number of hydrogen-bond donors (Lipinski definition) is 0. The summed E-state index contributed by atoms with van der Waals surface area (Å²) >= 11 is 1.43. The van der Waals surface area contributed by atoms with Crippen LogP contribution in [-0.2, 0) is 4.79 Å². The number of carbonyl (C=O) groups is 2. The van der Waals surface area contributed by atoms with Gasteiger partial charge in [-0.1, -0.05) is 0 Å². The van der Waals surface area contributed by atoms with Crippen LogP contribution >= 0.6 is 11.3 Å². The SMILES string of the molecule is Cc1c(C(=O)N2CCN(CC(=O)N3CCCCC3C)CC2)sc2ccc(F)cc12. The minimum Gasteiger partial charge on any atom is -0.339 e. The van der Waals surface area contributed by atoms with Gasteiger partial charge < -0.3 is 9.80 Å². The van der Waals surface area contributed by atoms with E-state index in [0.717, 1.165) is 35.0 Å². The number of likely N-dealkylation sites (tertiary alicyclic amines) is 1. The van der Waals surface area contributed by atoms with E-state index in [1.54, 1.807) is 6.07 Å². The molecule has 0 saturated carbocycles. The van der Waals surface area contributed by atoms with E-state index in [0.29, 0.717) is 43.6 Å². The molecule has 1 atom stereocenters. The van der Waals surface area contributed by atoms with E-state index in [1.807, 2.05) is 16.7 Å². The Bertz CT molecular complexity index is 920. The van der Waals surface area contributed by atoms with Crippen molar-refractivity contribution in [1.29, 1.82) is 0 Å². The second-order valence-corrected chi connectivity index (χ2v) is 9.25. The Morgan fingerprint density at radius 1 is 1.14 bits per heavy atom. The van der Waals surface area contributed by atoms with Gasteiger partial charge in [0.2, 0.25) is 5.91 Å². The van der Waals surface area contributed by atoms with Crippen molar-refractivity contribution in [2.75, 3.05) is 39.3 Å². The van der Waals surface area contributed by atoms with E-state index in [4.69, 9.17) is 0 Å². The van der Waals surface area contributed by atoms with Crippen LogP contribution in [0.25, 0.3) is 10.1 Å². The lowest BCUT2D eigenvalue weighted by atomic mass is 10.0. The molecule has 1 aromatic carbocycles. The van der Waals surface area contributed by atoms with Crippen LogP contribution in [0.5, 0.6) is 0 Å². The van der Waals surface area contributed by atoms with Gasteiger partial charge in [0, 0.05) is 43.5 Å². The molecule has 0 aliphatic carbocycles. The smallest absolute Gasteiger partial charge is 0.264 e. The van der Waals surface area contributed by atoms with Crippen molar-refractivity contribution in [3.05, 3.63) is 34.5 Å². The van der Waals surface area contributed by atoms with Crippen molar-refractivity contribution in [3.8, 4) is 0 Å². The molecule has 2 aliphatic heterocycles. The van der Waals surface area contributed by atoms with Crippen LogP contribution in [0.15, 0.2) is 18.2 Å². The third-order valence-corrected chi connectivity index (χ3v) is 7.50. The van der Waals surface area contributed by atoms with Gasteiger partial charge in [0.1, 0.15) is 5.82 Å². The molecule has 0 spiro atoms. The zero-order chi connectivity index (χ0) is 20.5. The number of benzene rings is 1. The minimum absolute atomic E-state index is 0.0136. The summed E-state index contributed by atoms with van der Waals surface area (Å²) in [5, 5.41) is 0.818. The maximum atomic E-state index is 13.6. The van der Waals surface area contributed by atoms with Gasteiger partial charge in [-0.05, 0) is 62.3 Å². The molecule has 0 N–H and O–H groups in total. The number of aryl methyl sites for hydroxylation is 1. The van der Waals surface area contributed by atoms with Crippen molar-refractivity contribution in [2.24, 2.45) is 0 Å². The summed E-state index contributed by atoms with van der Waals surface area (Å²) in [6.07, 6.45) is 3.39. The number of thiophene rings is 1. The predicted molar refractivity (Wildman–Crippen MR) is 114 cm³/mol. The van der Waals surface area contributed by atoms with E-state index in [1.165, 1.54) is 29.9 Å². The van der Waals surface area contributed by atoms with Gasteiger partial charge in [-0.3, -0.25) is 14.5 Å². The quantitative estimate of drug-likeness (QED) is 0.768. The van der Waals surface area contributed by atoms with Gasteiger partial charge in [-0.25, -0.2) is 4.39 Å². The van der Waals surface area contributed by atoms with Crippen molar-refractivity contribution in [1.82, 2.24) is 14.7 Å². The maximum Gasteiger partial charge on any atom is 0.264 e. The zero-order valence-corrected chi connectivity index (χ0v) is 17.9. The first-order valence-corrected chi connectivity index (χ1v) is 11.3. The summed E-state index contributed by atoms with van der Waals surface area (Å²) in [4.78, 5) is 32.4. The Morgan fingerprint density at radius 2 is 1.90 bits per heavy atom. The third kappa shape index (κ3) is 4.16. The van der Waals surface area contributed by atoms with Gasteiger partial charge in [-0.2, -0.15) is 0 Å². The molecule has 2 saturated heterocycles. The number of fused-ring (bicyclic) bond motifs is 1. The number of rotatable bonds is 3. The molecule has 29 heavy (non-hydrogen) atoms. The van der Waals surface area contributed by atoms with E-state index in [2.05, 4.69) is 11.8 Å². The lowest BCUT2D eigenvalue weighted by Crippen LogP contribution is -2.53. The Morgan fingerprint density at radius 3 is 2.62 bits per heavy atom. The van der Waals surface area contributed by atoms with E-state index in [9.17, 15) is 14.0 Å². The molecule has 156 valence electrons. The monoisotopic (exact) mass is 417 g/mol. The minimum atomic E-state index is -0.279. The Kier molecular flexibility index (Phi) is 5.88. The normalized spacial score (nSPS) is 21.0. The third-order valence-electron chi connectivity index (χ3n) is 6.23. The highest BCUT2D eigenvalue weighted by molar-refractivity contribution is 7.21. The molecule has 5 nitrogen and oxygen atoms in total. The molecule has 0 bridgehead atoms. The molecule has 2 aliphatic rings. The van der Waals surface area contributed by atoms with Gasteiger partial charge in [-0.15, -0.1) is 11.3 Å². The first-order valence-electron chi connectivity index (χ1n) is 10.4. The van der Waals surface area contributed by atoms with E-state index in [-0.39, 0.29) is 17.6 Å². The first kappa shape index (κ1) is 20.3. The lowest BCUT2D eigenvalue weighted by Gasteiger charge is -2.38. The average Bonchev–Trinajstić information content (AvgIpc) is 3.04.